The minimum atomic E-state index is -0.785. The Morgan fingerprint density at radius 3 is 1.00 bits per heavy atom. The predicted octanol–water partition coefficient (Wildman–Crippen LogP) is 17.3. The highest BCUT2D eigenvalue weighted by molar-refractivity contribution is 5.71. The van der Waals surface area contributed by atoms with Crippen LogP contribution in [-0.2, 0) is 28.6 Å². The summed E-state index contributed by atoms with van der Waals surface area (Å²) in [5.74, 6) is -0.915. The Balaban J connectivity index is 4.34. The summed E-state index contributed by atoms with van der Waals surface area (Å²) in [4.78, 5) is 37.9. The second kappa shape index (κ2) is 50.8. The van der Waals surface area contributed by atoms with Crippen LogP contribution in [-0.4, -0.2) is 37.2 Å². The van der Waals surface area contributed by atoms with Crippen molar-refractivity contribution in [3.63, 3.8) is 0 Å². The van der Waals surface area contributed by atoms with E-state index in [0.717, 1.165) is 96.3 Å². The number of carbonyl (C=O) groups excluding carboxylic acids is 3. The van der Waals surface area contributed by atoms with Crippen LogP contribution in [0.5, 0.6) is 0 Å². The highest BCUT2D eigenvalue weighted by Gasteiger charge is 2.19. The zero-order valence-electron chi connectivity index (χ0n) is 40.9. The molecule has 0 saturated heterocycles. The summed E-state index contributed by atoms with van der Waals surface area (Å²) in [7, 11) is 0. The molecule has 0 radical (unpaired) electrons. The van der Waals surface area contributed by atoms with Crippen molar-refractivity contribution in [3.05, 3.63) is 60.8 Å². The summed E-state index contributed by atoms with van der Waals surface area (Å²) in [5, 5.41) is 0. The number of hydrogen-bond acceptors (Lipinski definition) is 6. The Morgan fingerprint density at radius 1 is 0.323 bits per heavy atom. The number of unbranched alkanes of at least 4 members (excludes halogenated alkanes) is 26. The summed E-state index contributed by atoms with van der Waals surface area (Å²) in [6, 6.07) is 0. The third-order valence-corrected chi connectivity index (χ3v) is 11.2. The van der Waals surface area contributed by atoms with Crippen molar-refractivity contribution in [3.8, 4) is 0 Å². The lowest BCUT2D eigenvalue weighted by Gasteiger charge is -2.18. The Labute approximate surface area is 383 Å². The van der Waals surface area contributed by atoms with Crippen LogP contribution >= 0.6 is 0 Å². The van der Waals surface area contributed by atoms with E-state index >= 15 is 0 Å². The molecule has 0 rings (SSSR count). The van der Waals surface area contributed by atoms with Crippen molar-refractivity contribution >= 4 is 17.9 Å². The Hall–Kier alpha value is -2.89. The average Bonchev–Trinajstić information content (AvgIpc) is 3.27. The standard InChI is InChI=1S/C56H98O6/c1-4-7-10-13-16-19-22-24-25-26-27-28-29-30-31-32-35-37-40-43-46-49-55(58)61-52-53(51-60-54(57)48-45-42-39-36-33-21-18-15-12-9-6-3)62-56(59)50-47-44-41-38-34-23-20-17-14-11-8-5-2/h15,17-18,20,22,24,26-27,29-30,53H,4-14,16,19,21,23,25,28,31-52H2,1-3H3/b18-15-,20-17-,24-22-,27-26-,30-29-. The highest BCUT2D eigenvalue weighted by atomic mass is 16.6. The molecule has 62 heavy (non-hydrogen) atoms. The molecule has 1 unspecified atom stereocenters. The molecular formula is C56H98O6. The summed E-state index contributed by atoms with van der Waals surface area (Å²) < 4.78 is 16.8. The molecule has 0 aromatic rings. The van der Waals surface area contributed by atoms with E-state index in [4.69, 9.17) is 14.2 Å². The summed E-state index contributed by atoms with van der Waals surface area (Å²) in [6.07, 6.45) is 62.0. The van der Waals surface area contributed by atoms with Gasteiger partial charge in [0.25, 0.3) is 0 Å². The maximum atomic E-state index is 12.8. The molecular weight excluding hydrogens is 769 g/mol. The summed E-state index contributed by atoms with van der Waals surface area (Å²) in [5.41, 5.74) is 0. The van der Waals surface area contributed by atoms with E-state index in [1.54, 1.807) is 0 Å². The number of ether oxygens (including phenoxy) is 3. The molecule has 0 aliphatic heterocycles. The Morgan fingerprint density at radius 2 is 0.597 bits per heavy atom. The fourth-order valence-electron chi connectivity index (χ4n) is 7.19. The topological polar surface area (TPSA) is 78.9 Å². The highest BCUT2D eigenvalue weighted by Crippen LogP contribution is 2.14. The van der Waals surface area contributed by atoms with Crippen LogP contribution in [0.1, 0.15) is 258 Å². The Kier molecular flexibility index (Phi) is 48.4. The van der Waals surface area contributed by atoms with Crippen molar-refractivity contribution in [1.29, 1.82) is 0 Å². The first-order chi connectivity index (χ1) is 30.5. The first-order valence-electron chi connectivity index (χ1n) is 26.3. The maximum absolute atomic E-state index is 12.8. The molecule has 0 aromatic carbocycles. The molecule has 0 aliphatic rings. The van der Waals surface area contributed by atoms with Crippen LogP contribution in [0.15, 0.2) is 60.8 Å². The van der Waals surface area contributed by atoms with Crippen LogP contribution < -0.4 is 0 Å². The maximum Gasteiger partial charge on any atom is 0.306 e. The number of carbonyl (C=O) groups is 3. The van der Waals surface area contributed by atoms with E-state index < -0.39 is 6.10 Å². The van der Waals surface area contributed by atoms with Crippen molar-refractivity contribution in [2.24, 2.45) is 0 Å². The molecule has 0 aromatic heterocycles. The van der Waals surface area contributed by atoms with Crippen LogP contribution in [0.3, 0.4) is 0 Å². The second-order valence-electron chi connectivity index (χ2n) is 17.4. The molecule has 0 spiro atoms. The van der Waals surface area contributed by atoms with Crippen LogP contribution in [0.4, 0.5) is 0 Å². The number of rotatable bonds is 47. The smallest absolute Gasteiger partial charge is 0.306 e. The molecule has 358 valence electrons. The van der Waals surface area contributed by atoms with Gasteiger partial charge in [0.2, 0.25) is 0 Å². The van der Waals surface area contributed by atoms with Crippen LogP contribution in [0.25, 0.3) is 0 Å². The monoisotopic (exact) mass is 867 g/mol. The van der Waals surface area contributed by atoms with Gasteiger partial charge < -0.3 is 14.2 Å². The first kappa shape index (κ1) is 59.1. The minimum Gasteiger partial charge on any atom is -0.462 e. The van der Waals surface area contributed by atoms with Crippen LogP contribution in [0, 0.1) is 0 Å². The van der Waals surface area contributed by atoms with E-state index in [-0.39, 0.29) is 31.1 Å². The van der Waals surface area contributed by atoms with Gasteiger partial charge in [-0.1, -0.05) is 197 Å². The quantitative estimate of drug-likeness (QED) is 0.0262. The number of esters is 3. The minimum absolute atomic E-state index is 0.0863. The van der Waals surface area contributed by atoms with Crippen molar-refractivity contribution in [2.45, 2.75) is 264 Å². The third-order valence-electron chi connectivity index (χ3n) is 11.2. The molecule has 0 saturated carbocycles. The molecule has 6 nitrogen and oxygen atoms in total. The van der Waals surface area contributed by atoms with Crippen molar-refractivity contribution in [1.82, 2.24) is 0 Å². The zero-order valence-corrected chi connectivity index (χ0v) is 40.9. The number of allylic oxidation sites excluding steroid dienone is 10. The van der Waals surface area contributed by atoms with Gasteiger partial charge >= 0.3 is 17.9 Å². The van der Waals surface area contributed by atoms with Gasteiger partial charge in [0.15, 0.2) is 6.10 Å². The third kappa shape index (κ3) is 48.1. The molecule has 0 N–H and O–H groups in total. The lowest BCUT2D eigenvalue weighted by atomic mass is 10.1. The average molecular weight is 867 g/mol. The lowest BCUT2D eigenvalue weighted by molar-refractivity contribution is -0.167. The molecule has 0 fully saturated rings. The summed E-state index contributed by atoms with van der Waals surface area (Å²) >= 11 is 0. The first-order valence-corrected chi connectivity index (χ1v) is 26.3. The van der Waals surface area contributed by atoms with Crippen molar-refractivity contribution < 1.29 is 28.6 Å². The molecule has 1 atom stereocenters. The fourth-order valence-corrected chi connectivity index (χ4v) is 7.19. The molecule has 0 heterocycles. The SMILES string of the molecule is CCCC/C=C\CCCCCCCC(=O)OCC(COC(=O)CCCCCCCC/C=C\C/C=C\C/C=C\CCCCCCC)OC(=O)CCCCCCC/C=C\CCCCC. The number of hydrogen-bond donors (Lipinski definition) is 0. The van der Waals surface area contributed by atoms with E-state index in [1.165, 1.54) is 122 Å². The van der Waals surface area contributed by atoms with Gasteiger partial charge in [0.1, 0.15) is 13.2 Å². The Bertz CT molecular complexity index is 1130. The molecule has 0 bridgehead atoms. The van der Waals surface area contributed by atoms with Gasteiger partial charge in [-0.2, -0.15) is 0 Å². The fraction of sp³-hybridized carbons (Fsp3) is 0.768. The van der Waals surface area contributed by atoms with Crippen LogP contribution in [0.2, 0.25) is 0 Å². The molecule has 0 aliphatic carbocycles. The summed E-state index contributed by atoms with van der Waals surface area (Å²) in [6.45, 7) is 6.54. The lowest BCUT2D eigenvalue weighted by Crippen LogP contribution is -2.30. The van der Waals surface area contributed by atoms with Gasteiger partial charge in [-0.05, 0) is 103 Å². The van der Waals surface area contributed by atoms with Gasteiger partial charge in [0, 0.05) is 19.3 Å². The van der Waals surface area contributed by atoms with Gasteiger partial charge in [-0.15, -0.1) is 0 Å². The molecule has 6 heteroatoms. The van der Waals surface area contributed by atoms with E-state index in [1.807, 2.05) is 0 Å². The largest absolute Gasteiger partial charge is 0.462 e. The van der Waals surface area contributed by atoms with Gasteiger partial charge in [-0.25, -0.2) is 0 Å². The van der Waals surface area contributed by atoms with Gasteiger partial charge in [-0.3, -0.25) is 14.4 Å². The van der Waals surface area contributed by atoms with E-state index in [9.17, 15) is 14.4 Å². The predicted molar refractivity (Wildman–Crippen MR) is 265 cm³/mol. The normalized spacial score (nSPS) is 12.5. The van der Waals surface area contributed by atoms with Gasteiger partial charge in [0.05, 0.1) is 0 Å². The zero-order chi connectivity index (χ0) is 45.1. The van der Waals surface area contributed by atoms with E-state index in [0.29, 0.717) is 19.3 Å². The second-order valence-corrected chi connectivity index (χ2v) is 17.4. The van der Waals surface area contributed by atoms with Crippen molar-refractivity contribution in [2.75, 3.05) is 13.2 Å². The molecule has 0 amide bonds. The van der Waals surface area contributed by atoms with E-state index in [2.05, 4.69) is 81.5 Å².